The molecule has 4 nitrogen and oxygen atoms in total. The van der Waals surface area contributed by atoms with Crippen LogP contribution in [0.5, 0.6) is 0 Å². The van der Waals surface area contributed by atoms with Crippen molar-refractivity contribution in [2.24, 2.45) is 0 Å². The number of carbonyl (C=O) groups is 1. The fourth-order valence-corrected chi connectivity index (χ4v) is 20.8. The summed E-state index contributed by atoms with van der Waals surface area (Å²) in [5.74, 6) is 0.0165. The van der Waals surface area contributed by atoms with E-state index in [1.165, 1.54) is 17.6 Å². The number of rotatable bonds is 16. The molecule has 12 rings (SSSR count). The van der Waals surface area contributed by atoms with Crippen LogP contribution in [0, 0.1) is 0 Å². The second kappa shape index (κ2) is 22.6. The molecule has 0 fully saturated rings. The van der Waals surface area contributed by atoms with Crippen LogP contribution < -0.4 is 32.3 Å². The third kappa shape index (κ3) is 9.97. The van der Waals surface area contributed by atoms with E-state index in [1.807, 2.05) is 48.5 Å². The van der Waals surface area contributed by atoms with Crippen molar-refractivity contribution in [2.75, 3.05) is 14.7 Å². The Kier molecular flexibility index (Phi) is 14.2. The summed E-state index contributed by atoms with van der Waals surface area (Å²) in [4.78, 5) is 20.6. The van der Waals surface area contributed by atoms with Crippen molar-refractivity contribution >= 4 is 87.8 Å². The predicted molar refractivity (Wildman–Crippen MR) is 329 cm³/mol. The number of para-hydroxylation sites is 4. The maximum atomic E-state index is 13.6. The zero-order valence-corrected chi connectivity index (χ0v) is 45.1. The van der Waals surface area contributed by atoms with Gasteiger partial charge in [-0.05, 0) is 0 Å². The first-order valence-electron chi connectivity index (χ1n) is 26.4. The van der Waals surface area contributed by atoms with Crippen LogP contribution in [0.4, 0.5) is 51.2 Å². The van der Waals surface area contributed by atoms with Gasteiger partial charge in [0.05, 0.1) is 0 Å². The van der Waals surface area contributed by atoms with Crippen molar-refractivity contribution in [1.29, 1.82) is 0 Å². The summed E-state index contributed by atoms with van der Waals surface area (Å²) in [6.45, 7) is 0. The molecule has 0 aromatic heterocycles. The molecule has 0 radical (unpaired) electrons. The molecule has 78 heavy (non-hydrogen) atoms. The van der Waals surface area contributed by atoms with Gasteiger partial charge in [0.2, 0.25) is 0 Å². The molecule has 0 saturated carbocycles. The van der Waals surface area contributed by atoms with Gasteiger partial charge in [-0.3, -0.25) is 0 Å². The molecule has 0 atom stereocenters. The van der Waals surface area contributed by atoms with Gasteiger partial charge >= 0.3 is 390 Å². The van der Waals surface area contributed by atoms with Gasteiger partial charge in [-0.1, -0.05) is 72.8 Å². The summed E-state index contributed by atoms with van der Waals surface area (Å²) in [6.07, 6.45) is 0. The molecule has 0 aliphatic rings. The minimum absolute atomic E-state index is 0.0165. The van der Waals surface area contributed by atoms with Crippen molar-refractivity contribution in [3.05, 3.63) is 345 Å². The van der Waals surface area contributed by atoms with Crippen molar-refractivity contribution in [3.63, 3.8) is 0 Å². The van der Waals surface area contributed by atoms with E-state index in [-0.39, 0.29) is 5.78 Å². The number of hydrogen-bond donors (Lipinski definition) is 0. The van der Waals surface area contributed by atoms with Crippen LogP contribution in [0.25, 0.3) is 11.1 Å². The summed E-state index contributed by atoms with van der Waals surface area (Å²) in [5, 5.41) is 0. The first kappa shape index (κ1) is 49.1. The van der Waals surface area contributed by atoms with Crippen LogP contribution in [-0.4, -0.2) is 19.0 Å². The Bertz CT molecular complexity index is 3620. The summed E-state index contributed by atoms with van der Waals surface area (Å²) in [6, 6.07) is 118. The van der Waals surface area contributed by atoms with E-state index in [9.17, 15) is 4.79 Å². The van der Waals surface area contributed by atoms with E-state index >= 15 is 0 Å². The van der Waals surface area contributed by atoms with Gasteiger partial charge < -0.3 is 0 Å². The Balaban J connectivity index is 0.970. The molecule has 0 N–H and O–H groups in total. The molecule has 0 aliphatic carbocycles. The molecular formula is C73H55GeN3O. The Morgan fingerprint density at radius 2 is 0.474 bits per heavy atom. The van der Waals surface area contributed by atoms with Gasteiger partial charge in [0.25, 0.3) is 0 Å². The zero-order valence-electron chi connectivity index (χ0n) is 43.0. The van der Waals surface area contributed by atoms with Gasteiger partial charge in [0, 0.05) is 0 Å². The maximum absolute atomic E-state index is 13.6. The Labute approximate surface area is 460 Å². The number of nitrogens with zero attached hydrogens (tertiary/aromatic N) is 3. The molecule has 5 heteroatoms. The standard InChI is InChI=1S/C73H55GeN3O/c78-73(57-23-8-1-9-24-57)59-26-22-25-58(55-59)56-39-41-62(42-40-56)74(60-27-10-2-11-28-60,61-29-12-3-13-30-61)63-43-45-68(46-44-63)77(71-51-47-69(48-52-71)75(64-31-14-4-15-32-64)65-33-16-5-17-34-65)72-53-49-70(50-54-72)76(66-35-18-6-19-36-66)67-37-20-7-21-38-67/h1-55H. The molecule has 372 valence electrons. The molecule has 12 aromatic rings. The van der Waals surface area contributed by atoms with Crippen LogP contribution in [0.2, 0.25) is 0 Å². The normalized spacial score (nSPS) is 11.1. The minimum atomic E-state index is -3.76. The van der Waals surface area contributed by atoms with Crippen molar-refractivity contribution in [2.45, 2.75) is 0 Å². The molecule has 0 spiro atoms. The van der Waals surface area contributed by atoms with Gasteiger partial charge in [0.1, 0.15) is 0 Å². The van der Waals surface area contributed by atoms with Crippen molar-refractivity contribution in [1.82, 2.24) is 0 Å². The van der Waals surface area contributed by atoms with E-state index in [0.717, 1.165) is 62.3 Å². The molecular weight excluding hydrogens is 1010 g/mol. The third-order valence-electron chi connectivity index (χ3n) is 14.6. The topological polar surface area (TPSA) is 26.8 Å². The SMILES string of the molecule is O=C(c1ccccc1)c1cccc(-c2cc[c]([Ge]([c]3ccccc3)([c]3ccccc3)[c]3ccc(N(c4ccc(N(c5ccccc5)c5ccccc5)cc4)c4ccc(N(c5ccccc5)c5ccccc5)cc4)cc3)cc2)c1. The van der Waals surface area contributed by atoms with Crippen LogP contribution in [0.1, 0.15) is 15.9 Å². The molecule has 0 amide bonds. The number of hydrogen-bond acceptors (Lipinski definition) is 4. The van der Waals surface area contributed by atoms with E-state index in [2.05, 4.69) is 300 Å². The Morgan fingerprint density at radius 3 is 0.821 bits per heavy atom. The summed E-state index contributed by atoms with van der Waals surface area (Å²) >= 11 is -3.76. The summed E-state index contributed by atoms with van der Waals surface area (Å²) in [5.41, 5.74) is 13.0. The van der Waals surface area contributed by atoms with Crippen LogP contribution in [0.3, 0.4) is 0 Å². The number of ketones is 1. The fourth-order valence-electron chi connectivity index (χ4n) is 10.9. The summed E-state index contributed by atoms with van der Waals surface area (Å²) < 4.78 is 5.30. The summed E-state index contributed by atoms with van der Waals surface area (Å²) in [7, 11) is 0. The molecule has 0 bridgehead atoms. The Hall–Kier alpha value is -9.75. The molecule has 12 aromatic carbocycles. The molecule has 0 heterocycles. The average Bonchev–Trinajstić information content (AvgIpc) is 3.69. The van der Waals surface area contributed by atoms with Crippen molar-refractivity contribution in [3.8, 4) is 11.1 Å². The quantitative estimate of drug-likeness (QED) is 0.0712. The van der Waals surface area contributed by atoms with Gasteiger partial charge in [0.15, 0.2) is 0 Å². The van der Waals surface area contributed by atoms with E-state index in [0.29, 0.717) is 11.1 Å². The second-order valence-electron chi connectivity index (χ2n) is 19.3. The predicted octanol–water partition coefficient (Wildman–Crippen LogP) is 16.4. The van der Waals surface area contributed by atoms with E-state index < -0.39 is 13.3 Å². The van der Waals surface area contributed by atoms with Crippen LogP contribution in [-0.2, 0) is 0 Å². The van der Waals surface area contributed by atoms with E-state index in [4.69, 9.17) is 0 Å². The van der Waals surface area contributed by atoms with Gasteiger partial charge in [-0.15, -0.1) is 0 Å². The molecule has 0 unspecified atom stereocenters. The van der Waals surface area contributed by atoms with Crippen LogP contribution >= 0.6 is 0 Å². The van der Waals surface area contributed by atoms with Gasteiger partial charge in [-0.2, -0.15) is 0 Å². The van der Waals surface area contributed by atoms with Crippen molar-refractivity contribution < 1.29 is 4.79 Å². The third-order valence-corrected chi connectivity index (χ3v) is 24.6. The van der Waals surface area contributed by atoms with E-state index in [1.54, 1.807) is 0 Å². The molecule has 0 saturated heterocycles. The second-order valence-corrected chi connectivity index (χ2v) is 27.3. The molecule has 0 aliphatic heterocycles. The van der Waals surface area contributed by atoms with Gasteiger partial charge in [-0.25, -0.2) is 0 Å². The zero-order chi connectivity index (χ0) is 52.5. The monoisotopic (exact) mass is 1060 g/mol. The van der Waals surface area contributed by atoms with Crippen LogP contribution in [0.15, 0.2) is 334 Å². The number of carbonyl (C=O) groups excluding carboxylic acids is 1. The first-order chi connectivity index (χ1) is 38.6. The fraction of sp³-hybridized carbons (Fsp3) is 0. The average molecular weight is 1060 g/mol. The number of benzene rings is 12. The number of anilines is 9. The first-order valence-corrected chi connectivity index (χ1v) is 30.6. The Morgan fingerprint density at radius 1 is 0.218 bits per heavy atom.